The third-order valence-corrected chi connectivity index (χ3v) is 4.14. The molecule has 0 aliphatic carbocycles. The van der Waals surface area contributed by atoms with Crippen LogP contribution in [-0.4, -0.2) is 53.0 Å². The van der Waals surface area contributed by atoms with E-state index >= 15 is 0 Å². The molecule has 1 aliphatic rings. The van der Waals surface area contributed by atoms with Crippen molar-refractivity contribution in [2.45, 2.75) is 19.4 Å². The molecule has 1 aliphatic heterocycles. The maximum Gasteiger partial charge on any atom is 0.293 e. The zero-order valence-corrected chi connectivity index (χ0v) is 12.6. The Labute approximate surface area is 132 Å². The van der Waals surface area contributed by atoms with Gasteiger partial charge < -0.3 is 9.47 Å². The number of carbonyl (C=O) groups excluding carboxylic acids is 1. The summed E-state index contributed by atoms with van der Waals surface area (Å²) < 4.78 is 3.59. The van der Waals surface area contributed by atoms with Gasteiger partial charge in [-0.3, -0.25) is 4.79 Å². The van der Waals surface area contributed by atoms with Crippen molar-refractivity contribution in [3.05, 3.63) is 43.0 Å². The molecule has 1 saturated heterocycles. The van der Waals surface area contributed by atoms with Gasteiger partial charge in [-0.2, -0.15) is 4.98 Å². The molecule has 4 rings (SSSR count). The second-order valence-electron chi connectivity index (χ2n) is 5.82. The first kappa shape index (κ1) is 13.9. The van der Waals surface area contributed by atoms with Crippen LogP contribution in [0.25, 0.3) is 5.78 Å². The van der Waals surface area contributed by atoms with Crippen LogP contribution >= 0.6 is 0 Å². The molecule has 0 spiro atoms. The first-order valence-corrected chi connectivity index (χ1v) is 7.72. The van der Waals surface area contributed by atoms with Crippen molar-refractivity contribution >= 4 is 11.7 Å². The van der Waals surface area contributed by atoms with Gasteiger partial charge in [-0.25, -0.2) is 14.5 Å². The van der Waals surface area contributed by atoms with Crippen LogP contribution in [0.4, 0.5) is 0 Å². The highest BCUT2D eigenvalue weighted by Crippen LogP contribution is 2.19. The molecule has 118 valence electrons. The topological polar surface area (TPSA) is 81.2 Å². The van der Waals surface area contributed by atoms with E-state index in [0.717, 1.165) is 32.5 Å². The summed E-state index contributed by atoms with van der Waals surface area (Å²) >= 11 is 0. The van der Waals surface area contributed by atoms with Gasteiger partial charge in [0.2, 0.25) is 5.82 Å². The molecule has 3 aromatic rings. The van der Waals surface area contributed by atoms with E-state index in [1.165, 1.54) is 4.52 Å². The Hall–Kier alpha value is -2.77. The van der Waals surface area contributed by atoms with E-state index in [1.807, 2.05) is 17.4 Å². The molecular formula is C15H17N7O. The Bertz CT molecular complexity index is 777. The normalized spacial score (nSPS) is 18.4. The molecule has 8 nitrogen and oxygen atoms in total. The van der Waals surface area contributed by atoms with Crippen molar-refractivity contribution < 1.29 is 4.79 Å². The lowest BCUT2D eigenvalue weighted by Crippen LogP contribution is -2.41. The smallest absolute Gasteiger partial charge is 0.293 e. The number of fused-ring (bicyclic) bond motifs is 1. The highest BCUT2D eigenvalue weighted by atomic mass is 16.2. The second kappa shape index (κ2) is 5.79. The minimum atomic E-state index is -0.120. The summed E-state index contributed by atoms with van der Waals surface area (Å²) in [7, 11) is 0. The molecule has 1 fully saturated rings. The minimum absolute atomic E-state index is 0.120. The number of piperidine rings is 1. The van der Waals surface area contributed by atoms with Crippen LogP contribution in [0.3, 0.4) is 0 Å². The molecule has 0 bridgehead atoms. The van der Waals surface area contributed by atoms with Crippen LogP contribution in [0.5, 0.6) is 0 Å². The number of rotatable bonds is 3. The largest absolute Gasteiger partial charge is 0.337 e. The highest BCUT2D eigenvalue weighted by Gasteiger charge is 2.27. The zero-order valence-electron chi connectivity index (χ0n) is 12.6. The van der Waals surface area contributed by atoms with Crippen LogP contribution in [0.15, 0.2) is 37.2 Å². The molecule has 0 unspecified atom stereocenters. The van der Waals surface area contributed by atoms with Crippen molar-refractivity contribution in [3.8, 4) is 0 Å². The standard InChI is InChI=1S/C15H17N7O/c23-14(13-18-15-17-4-2-7-22(15)19-13)21-6-1-3-12(10-21)9-20-8-5-16-11-20/h2,4-5,7-8,11-12H,1,3,6,9-10H2/t12-/m1/s1. The third-order valence-electron chi connectivity index (χ3n) is 4.14. The zero-order chi connectivity index (χ0) is 15.6. The molecule has 0 N–H and O–H groups in total. The number of amides is 1. The molecule has 1 amide bonds. The molecule has 1 atom stereocenters. The number of likely N-dealkylation sites (tertiary alicyclic amines) is 1. The monoisotopic (exact) mass is 311 g/mol. The average Bonchev–Trinajstić information content (AvgIpc) is 3.23. The Morgan fingerprint density at radius 1 is 1.30 bits per heavy atom. The summed E-state index contributed by atoms with van der Waals surface area (Å²) in [6.07, 6.45) is 11.0. The van der Waals surface area contributed by atoms with Crippen LogP contribution < -0.4 is 0 Å². The number of hydrogen-bond acceptors (Lipinski definition) is 5. The molecule has 0 saturated carbocycles. The number of nitrogens with zero attached hydrogens (tertiary/aromatic N) is 7. The Kier molecular flexibility index (Phi) is 3.49. The maximum absolute atomic E-state index is 12.7. The summed E-state index contributed by atoms with van der Waals surface area (Å²) in [5, 5.41) is 4.23. The predicted molar refractivity (Wildman–Crippen MR) is 81.6 cm³/mol. The molecule has 0 aromatic carbocycles. The second-order valence-corrected chi connectivity index (χ2v) is 5.82. The van der Waals surface area contributed by atoms with Crippen molar-refractivity contribution in [1.82, 2.24) is 34.0 Å². The van der Waals surface area contributed by atoms with Gasteiger partial charge in [0.15, 0.2) is 0 Å². The van der Waals surface area contributed by atoms with Crippen molar-refractivity contribution in [2.75, 3.05) is 13.1 Å². The van der Waals surface area contributed by atoms with Gasteiger partial charge in [0, 0.05) is 44.4 Å². The summed E-state index contributed by atoms with van der Waals surface area (Å²) in [5.74, 6) is 0.970. The molecule has 8 heteroatoms. The molecule has 23 heavy (non-hydrogen) atoms. The van der Waals surface area contributed by atoms with Crippen molar-refractivity contribution in [2.24, 2.45) is 5.92 Å². The van der Waals surface area contributed by atoms with Gasteiger partial charge in [0.25, 0.3) is 11.7 Å². The van der Waals surface area contributed by atoms with Crippen LogP contribution in [0.2, 0.25) is 0 Å². The van der Waals surface area contributed by atoms with E-state index in [4.69, 9.17) is 0 Å². The SMILES string of the molecule is O=C(c1nc2ncccn2n1)N1CCC[C@H](Cn2ccnc2)C1. The summed E-state index contributed by atoms with van der Waals surface area (Å²) in [4.78, 5) is 26.9. The maximum atomic E-state index is 12.7. The molecule has 0 radical (unpaired) electrons. The number of imidazole rings is 1. The fourth-order valence-electron chi connectivity index (χ4n) is 3.06. The van der Waals surface area contributed by atoms with Crippen LogP contribution in [0, 0.1) is 5.92 Å². The number of hydrogen-bond donors (Lipinski definition) is 0. The van der Waals surface area contributed by atoms with Gasteiger partial charge in [-0.05, 0) is 24.8 Å². The van der Waals surface area contributed by atoms with Crippen LogP contribution in [0.1, 0.15) is 23.5 Å². The minimum Gasteiger partial charge on any atom is -0.337 e. The molecule has 3 aromatic heterocycles. The molecular weight excluding hydrogens is 294 g/mol. The Morgan fingerprint density at radius 2 is 2.26 bits per heavy atom. The lowest BCUT2D eigenvalue weighted by atomic mass is 9.98. The van der Waals surface area contributed by atoms with E-state index in [9.17, 15) is 4.79 Å². The fraction of sp³-hybridized carbons (Fsp3) is 0.400. The summed E-state index contributed by atoms with van der Waals surface area (Å²) in [6, 6.07) is 1.76. The lowest BCUT2D eigenvalue weighted by molar-refractivity contribution is 0.0650. The number of carbonyl (C=O) groups is 1. The predicted octanol–water partition coefficient (Wildman–Crippen LogP) is 0.873. The van der Waals surface area contributed by atoms with Gasteiger partial charge in [-0.15, -0.1) is 5.10 Å². The highest BCUT2D eigenvalue weighted by molar-refractivity contribution is 5.90. The summed E-state index contributed by atoms with van der Waals surface area (Å²) in [5.41, 5.74) is 0. The third kappa shape index (κ3) is 2.79. The molecule has 4 heterocycles. The van der Waals surface area contributed by atoms with Crippen molar-refractivity contribution in [1.29, 1.82) is 0 Å². The quantitative estimate of drug-likeness (QED) is 0.717. The van der Waals surface area contributed by atoms with Gasteiger partial charge in [0.1, 0.15) is 0 Å². The van der Waals surface area contributed by atoms with Crippen LogP contribution in [-0.2, 0) is 6.54 Å². The van der Waals surface area contributed by atoms with E-state index in [2.05, 4.69) is 24.6 Å². The van der Waals surface area contributed by atoms with Crippen molar-refractivity contribution in [3.63, 3.8) is 0 Å². The Morgan fingerprint density at radius 3 is 3.09 bits per heavy atom. The fourth-order valence-corrected chi connectivity index (χ4v) is 3.06. The van der Waals surface area contributed by atoms with E-state index in [1.54, 1.807) is 24.7 Å². The van der Waals surface area contributed by atoms with E-state index in [-0.39, 0.29) is 11.7 Å². The van der Waals surface area contributed by atoms with Gasteiger partial charge in [-0.1, -0.05) is 0 Å². The number of aromatic nitrogens is 6. The summed E-state index contributed by atoms with van der Waals surface area (Å²) in [6.45, 7) is 2.35. The van der Waals surface area contributed by atoms with E-state index < -0.39 is 0 Å². The lowest BCUT2D eigenvalue weighted by Gasteiger charge is -2.32. The van der Waals surface area contributed by atoms with E-state index in [0.29, 0.717) is 11.7 Å². The average molecular weight is 311 g/mol. The Balaban J connectivity index is 1.49. The first-order valence-electron chi connectivity index (χ1n) is 7.72. The van der Waals surface area contributed by atoms with Gasteiger partial charge in [0.05, 0.1) is 6.33 Å². The van der Waals surface area contributed by atoms with Gasteiger partial charge >= 0.3 is 0 Å². The first-order chi connectivity index (χ1) is 11.3.